The molecule has 0 radical (unpaired) electrons. The van der Waals surface area contributed by atoms with Gasteiger partial charge in [-0.15, -0.1) is 11.8 Å². The zero-order chi connectivity index (χ0) is 13.7. The van der Waals surface area contributed by atoms with Gasteiger partial charge >= 0.3 is 0 Å². The Morgan fingerprint density at radius 2 is 2.11 bits per heavy atom. The Hall–Kier alpha value is -1.95. The molecule has 0 aliphatic carbocycles. The van der Waals surface area contributed by atoms with Crippen LogP contribution in [0.1, 0.15) is 11.3 Å². The largest absolute Gasteiger partial charge is 0.497 e. The number of nitrogens with zero attached hydrogens (tertiary/aromatic N) is 1. The summed E-state index contributed by atoms with van der Waals surface area (Å²) in [5.74, 6) is 1.60. The van der Waals surface area contributed by atoms with Crippen LogP contribution in [0.3, 0.4) is 0 Å². The lowest BCUT2D eigenvalue weighted by Gasteiger charge is -2.03. The van der Waals surface area contributed by atoms with Crippen molar-refractivity contribution in [1.29, 1.82) is 5.41 Å². The molecule has 0 saturated heterocycles. The van der Waals surface area contributed by atoms with Gasteiger partial charge in [-0.3, -0.25) is 5.41 Å². The van der Waals surface area contributed by atoms with Crippen molar-refractivity contribution in [1.82, 2.24) is 5.16 Å². The number of rotatable bonds is 5. The maximum Gasteiger partial charge on any atom is 0.255 e. The van der Waals surface area contributed by atoms with E-state index < -0.39 is 0 Å². The van der Waals surface area contributed by atoms with Crippen molar-refractivity contribution in [2.45, 2.75) is 6.61 Å². The molecule has 0 atom stereocenters. The smallest absolute Gasteiger partial charge is 0.255 e. The second-order valence-electron chi connectivity index (χ2n) is 3.70. The highest BCUT2D eigenvalue weighted by Gasteiger charge is 2.09. The van der Waals surface area contributed by atoms with Crippen LogP contribution in [0.25, 0.3) is 0 Å². The maximum absolute atomic E-state index is 7.59. The van der Waals surface area contributed by atoms with Gasteiger partial charge in [-0.2, -0.15) is 0 Å². The molecule has 19 heavy (non-hydrogen) atoms. The lowest BCUT2D eigenvalue weighted by atomic mass is 10.2. The van der Waals surface area contributed by atoms with Gasteiger partial charge in [-0.05, 0) is 29.1 Å². The summed E-state index contributed by atoms with van der Waals surface area (Å²) >= 11 is 1.29. The van der Waals surface area contributed by atoms with E-state index in [-0.39, 0.29) is 0 Å². The quantitative estimate of drug-likeness (QED) is 0.672. The van der Waals surface area contributed by atoms with Crippen LogP contribution < -0.4 is 9.47 Å². The van der Waals surface area contributed by atoms with Crippen LogP contribution in [0.15, 0.2) is 34.9 Å². The van der Waals surface area contributed by atoms with Crippen LogP contribution in [0.2, 0.25) is 0 Å². The fourth-order valence-electron chi connectivity index (χ4n) is 1.41. The molecule has 5 nitrogen and oxygen atoms in total. The molecule has 0 aliphatic heterocycles. The third-order valence-corrected chi connectivity index (χ3v) is 3.07. The second-order valence-corrected chi connectivity index (χ2v) is 4.52. The van der Waals surface area contributed by atoms with Crippen molar-refractivity contribution < 1.29 is 14.0 Å². The van der Waals surface area contributed by atoms with Crippen molar-refractivity contribution in [2.75, 3.05) is 13.4 Å². The van der Waals surface area contributed by atoms with Crippen LogP contribution >= 0.6 is 11.8 Å². The van der Waals surface area contributed by atoms with E-state index in [1.165, 1.54) is 11.8 Å². The van der Waals surface area contributed by atoms with Crippen LogP contribution in [0.5, 0.6) is 11.6 Å². The molecule has 0 saturated carbocycles. The molecule has 1 aromatic heterocycles. The average Bonchev–Trinajstić information content (AvgIpc) is 2.93. The molecule has 0 unspecified atom stereocenters. The summed E-state index contributed by atoms with van der Waals surface area (Å²) in [6.07, 6.45) is 1.81. The first-order valence-corrected chi connectivity index (χ1v) is 6.80. The normalized spacial score (nSPS) is 10.2. The van der Waals surface area contributed by atoms with Gasteiger partial charge in [0.05, 0.1) is 13.2 Å². The highest BCUT2D eigenvalue weighted by atomic mass is 32.2. The first-order chi connectivity index (χ1) is 9.22. The molecule has 100 valence electrons. The van der Waals surface area contributed by atoms with E-state index in [0.29, 0.717) is 23.3 Å². The molecule has 0 amide bonds. The molecule has 2 rings (SSSR count). The molecular weight excluding hydrogens is 264 g/mol. The van der Waals surface area contributed by atoms with Crippen LogP contribution in [0.4, 0.5) is 0 Å². The van der Waals surface area contributed by atoms with E-state index in [0.717, 1.165) is 11.3 Å². The summed E-state index contributed by atoms with van der Waals surface area (Å²) in [7, 11) is 1.63. The highest BCUT2D eigenvalue weighted by Crippen LogP contribution is 2.18. The van der Waals surface area contributed by atoms with Crippen LogP contribution in [-0.4, -0.2) is 23.6 Å². The topological polar surface area (TPSA) is 68.3 Å². The summed E-state index contributed by atoms with van der Waals surface area (Å²) in [6.45, 7) is 0.391. The SMILES string of the molecule is COc1ccc(COc2cc(C(=N)SC)on2)cc1. The molecule has 0 aliphatic rings. The predicted molar refractivity (Wildman–Crippen MR) is 74.2 cm³/mol. The van der Waals surface area contributed by atoms with Crippen molar-refractivity contribution in [3.63, 3.8) is 0 Å². The number of aromatic nitrogens is 1. The molecule has 1 N–H and O–H groups in total. The summed E-state index contributed by atoms with van der Waals surface area (Å²) in [4.78, 5) is 0. The van der Waals surface area contributed by atoms with Gasteiger partial charge in [0.15, 0.2) is 5.76 Å². The summed E-state index contributed by atoms with van der Waals surface area (Å²) < 4.78 is 15.6. The second kappa shape index (κ2) is 6.29. The molecule has 1 aromatic carbocycles. The summed E-state index contributed by atoms with van der Waals surface area (Å²) in [5, 5.41) is 11.7. The van der Waals surface area contributed by atoms with Gasteiger partial charge in [0.2, 0.25) is 0 Å². The van der Waals surface area contributed by atoms with E-state index in [1.807, 2.05) is 30.5 Å². The Labute approximate surface area is 115 Å². The lowest BCUT2D eigenvalue weighted by Crippen LogP contribution is -1.95. The van der Waals surface area contributed by atoms with Crippen LogP contribution in [0, 0.1) is 5.41 Å². The lowest BCUT2D eigenvalue weighted by molar-refractivity contribution is 0.269. The van der Waals surface area contributed by atoms with Crippen molar-refractivity contribution >= 4 is 16.8 Å². The molecule has 6 heteroatoms. The fourth-order valence-corrected chi connectivity index (χ4v) is 1.71. The number of nitrogens with one attached hydrogen (secondary N) is 1. The zero-order valence-corrected chi connectivity index (χ0v) is 11.5. The standard InChI is InChI=1S/C13H14N2O3S/c1-16-10-5-3-9(4-6-10)8-17-12-7-11(18-15-12)13(14)19-2/h3-7,14H,8H2,1-2H3. The minimum Gasteiger partial charge on any atom is -0.497 e. The van der Waals surface area contributed by atoms with E-state index >= 15 is 0 Å². The van der Waals surface area contributed by atoms with Crippen molar-refractivity contribution in [3.05, 3.63) is 41.7 Å². The Bertz CT molecular complexity index is 551. The maximum atomic E-state index is 7.59. The van der Waals surface area contributed by atoms with Gasteiger partial charge in [0, 0.05) is 0 Å². The summed E-state index contributed by atoms with van der Waals surface area (Å²) in [6, 6.07) is 9.20. The molecule has 0 spiro atoms. The molecular formula is C13H14N2O3S. The Morgan fingerprint density at radius 3 is 2.74 bits per heavy atom. The Morgan fingerprint density at radius 1 is 1.37 bits per heavy atom. The van der Waals surface area contributed by atoms with Crippen LogP contribution in [-0.2, 0) is 6.61 Å². The number of benzene rings is 1. The minimum absolute atomic E-state index is 0.326. The highest BCUT2D eigenvalue weighted by molar-refractivity contribution is 8.13. The predicted octanol–water partition coefficient (Wildman–Crippen LogP) is 2.95. The fraction of sp³-hybridized carbons (Fsp3) is 0.231. The number of methoxy groups -OCH3 is 1. The van der Waals surface area contributed by atoms with E-state index in [9.17, 15) is 0 Å². The molecule has 2 aromatic rings. The number of ether oxygens (including phenoxy) is 2. The van der Waals surface area contributed by atoms with E-state index in [4.69, 9.17) is 19.4 Å². The van der Waals surface area contributed by atoms with E-state index in [2.05, 4.69) is 5.16 Å². The average molecular weight is 278 g/mol. The summed E-state index contributed by atoms with van der Waals surface area (Å²) in [5.41, 5.74) is 1.00. The van der Waals surface area contributed by atoms with Gasteiger partial charge in [0.1, 0.15) is 17.4 Å². The Balaban J connectivity index is 1.94. The number of thioether (sulfide) groups is 1. The van der Waals surface area contributed by atoms with E-state index in [1.54, 1.807) is 13.2 Å². The third kappa shape index (κ3) is 3.51. The first-order valence-electron chi connectivity index (χ1n) is 5.58. The van der Waals surface area contributed by atoms with Gasteiger partial charge in [0.25, 0.3) is 5.88 Å². The number of hydrogen-bond acceptors (Lipinski definition) is 6. The van der Waals surface area contributed by atoms with Crippen molar-refractivity contribution in [2.24, 2.45) is 0 Å². The van der Waals surface area contributed by atoms with Crippen molar-refractivity contribution in [3.8, 4) is 11.6 Å². The number of hydrogen-bond donors (Lipinski definition) is 1. The minimum atomic E-state index is 0.326. The van der Waals surface area contributed by atoms with Gasteiger partial charge in [-0.1, -0.05) is 12.1 Å². The van der Waals surface area contributed by atoms with Gasteiger partial charge in [-0.25, -0.2) is 0 Å². The third-order valence-electron chi connectivity index (χ3n) is 2.46. The van der Waals surface area contributed by atoms with Gasteiger partial charge < -0.3 is 14.0 Å². The molecule has 1 heterocycles. The Kier molecular flexibility index (Phi) is 4.46. The molecule has 0 fully saturated rings. The molecule has 0 bridgehead atoms. The monoisotopic (exact) mass is 278 g/mol. The first kappa shape index (κ1) is 13.5. The zero-order valence-electron chi connectivity index (χ0n) is 10.7.